The van der Waals surface area contributed by atoms with Crippen molar-refractivity contribution in [1.82, 2.24) is 5.16 Å². The van der Waals surface area contributed by atoms with Gasteiger partial charge in [0.05, 0.1) is 5.60 Å². The van der Waals surface area contributed by atoms with E-state index in [0.717, 1.165) is 0 Å². The molecule has 0 aliphatic rings. The lowest BCUT2D eigenvalue weighted by Gasteiger charge is -2.23. The minimum absolute atomic E-state index is 0.0660. The van der Waals surface area contributed by atoms with Crippen molar-refractivity contribution in [1.29, 1.82) is 0 Å². The molecule has 3 nitrogen and oxygen atoms in total. The lowest BCUT2D eigenvalue weighted by Crippen LogP contribution is -2.21. The minimum atomic E-state index is -0.161. The summed E-state index contributed by atoms with van der Waals surface area (Å²) in [5.74, 6) is 0.713. The van der Waals surface area contributed by atoms with Gasteiger partial charge in [-0.3, -0.25) is 0 Å². The van der Waals surface area contributed by atoms with E-state index in [9.17, 15) is 0 Å². The molecule has 0 saturated carbocycles. The van der Waals surface area contributed by atoms with Gasteiger partial charge in [0.1, 0.15) is 12.3 Å². The van der Waals surface area contributed by atoms with Crippen LogP contribution in [0.1, 0.15) is 39.6 Å². The van der Waals surface area contributed by atoms with E-state index in [1.54, 1.807) is 6.07 Å². The third-order valence-corrected chi connectivity index (χ3v) is 1.34. The molecule has 1 aromatic heterocycles. The molecule has 0 aromatic carbocycles. The number of aromatic nitrogens is 1. The zero-order valence-electron chi connectivity index (χ0n) is 7.92. The number of ether oxygens (including phenoxy) is 1. The number of rotatable bonds is 2. The molecule has 1 rings (SSSR count). The van der Waals surface area contributed by atoms with Crippen LogP contribution in [-0.2, 0) is 4.74 Å². The van der Waals surface area contributed by atoms with Crippen molar-refractivity contribution in [3.05, 3.63) is 18.0 Å². The lowest BCUT2D eigenvalue weighted by atomic mass is 10.2. The first-order chi connectivity index (χ1) is 5.49. The van der Waals surface area contributed by atoms with Gasteiger partial charge in [-0.15, -0.1) is 0 Å². The first kappa shape index (κ1) is 9.26. The van der Waals surface area contributed by atoms with Gasteiger partial charge in [-0.05, 0) is 27.7 Å². The molecule has 67 valence electrons. The molecule has 0 bridgehead atoms. The van der Waals surface area contributed by atoms with Crippen LogP contribution in [0.2, 0.25) is 0 Å². The third kappa shape index (κ3) is 2.66. The van der Waals surface area contributed by atoms with Crippen molar-refractivity contribution >= 4 is 0 Å². The van der Waals surface area contributed by atoms with E-state index < -0.39 is 0 Å². The zero-order valence-corrected chi connectivity index (χ0v) is 7.92. The Kier molecular flexibility index (Phi) is 2.52. The summed E-state index contributed by atoms with van der Waals surface area (Å²) in [6.45, 7) is 7.94. The molecule has 0 fully saturated rings. The smallest absolute Gasteiger partial charge is 0.165 e. The molecule has 1 heterocycles. The fourth-order valence-corrected chi connectivity index (χ4v) is 0.975. The Morgan fingerprint density at radius 1 is 1.58 bits per heavy atom. The molecule has 1 atom stereocenters. The van der Waals surface area contributed by atoms with Gasteiger partial charge in [0.25, 0.3) is 0 Å². The molecule has 1 unspecified atom stereocenters. The normalized spacial score (nSPS) is 14.7. The molecule has 0 saturated heterocycles. The van der Waals surface area contributed by atoms with Crippen molar-refractivity contribution in [3.8, 4) is 0 Å². The van der Waals surface area contributed by atoms with E-state index in [0.29, 0.717) is 5.76 Å². The standard InChI is InChI=1S/C9H14NO2/c1-7(11-9(2,3)4)8-5-6-10-12-8/h5,7H,1-4H3. The minimum Gasteiger partial charge on any atom is -0.365 e. The summed E-state index contributed by atoms with van der Waals surface area (Å²) >= 11 is 0. The van der Waals surface area contributed by atoms with Crippen LogP contribution in [-0.4, -0.2) is 10.8 Å². The predicted molar refractivity (Wildman–Crippen MR) is 44.6 cm³/mol. The van der Waals surface area contributed by atoms with Gasteiger partial charge in [0.2, 0.25) is 0 Å². The molecule has 1 radical (unpaired) electrons. The third-order valence-electron chi connectivity index (χ3n) is 1.34. The Hall–Kier alpha value is -0.830. The Balaban J connectivity index is 2.56. The first-order valence-electron chi connectivity index (χ1n) is 3.99. The van der Waals surface area contributed by atoms with E-state index in [2.05, 4.69) is 11.4 Å². The average Bonchev–Trinajstić information content (AvgIpc) is 2.32. The molecule has 12 heavy (non-hydrogen) atoms. The molecule has 0 spiro atoms. The number of nitrogens with zero attached hydrogens (tertiary/aromatic N) is 1. The van der Waals surface area contributed by atoms with Gasteiger partial charge in [-0.1, -0.05) is 5.16 Å². The van der Waals surface area contributed by atoms with Crippen molar-refractivity contribution in [2.75, 3.05) is 0 Å². The van der Waals surface area contributed by atoms with Crippen LogP contribution < -0.4 is 0 Å². The van der Waals surface area contributed by atoms with E-state index in [1.165, 1.54) is 0 Å². The molecule has 0 amide bonds. The summed E-state index contributed by atoms with van der Waals surface area (Å²) in [4.78, 5) is 0. The molecule has 0 aliphatic heterocycles. The Bertz CT molecular complexity index is 223. The predicted octanol–water partition coefficient (Wildman–Crippen LogP) is 2.35. The highest BCUT2D eigenvalue weighted by Gasteiger charge is 2.18. The maximum absolute atomic E-state index is 5.63. The van der Waals surface area contributed by atoms with Gasteiger partial charge < -0.3 is 9.26 Å². The summed E-state index contributed by atoms with van der Waals surface area (Å²) in [7, 11) is 0. The SMILES string of the molecule is CC(OC(C)(C)C)c1c[c]no1. The van der Waals surface area contributed by atoms with Crippen LogP contribution in [0.3, 0.4) is 0 Å². The average molecular weight is 168 g/mol. The van der Waals surface area contributed by atoms with Crippen LogP contribution in [0.4, 0.5) is 0 Å². The molecule has 0 N–H and O–H groups in total. The van der Waals surface area contributed by atoms with Crippen LogP contribution in [0.5, 0.6) is 0 Å². The van der Waals surface area contributed by atoms with Gasteiger partial charge in [-0.25, -0.2) is 0 Å². The van der Waals surface area contributed by atoms with Crippen molar-refractivity contribution < 1.29 is 9.26 Å². The Labute approximate surface area is 72.7 Å². The maximum Gasteiger partial charge on any atom is 0.165 e. The fraction of sp³-hybridized carbons (Fsp3) is 0.667. The second-order valence-corrected chi connectivity index (χ2v) is 3.73. The number of hydrogen-bond donors (Lipinski definition) is 0. The summed E-state index contributed by atoms with van der Waals surface area (Å²) < 4.78 is 10.5. The molecular formula is C9H14NO2. The molecule has 1 aromatic rings. The summed E-state index contributed by atoms with van der Waals surface area (Å²) in [6, 6.07) is 1.69. The van der Waals surface area contributed by atoms with Gasteiger partial charge in [0, 0.05) is 6.07 Å². The summed E-state index contributed by atoms with van der Waals surface area (Å²) in [5, 5.41) is 3.49. The van der Waals surface area contributed by atoms with E-state index in [-0.39, 0.29) is 11.7 Å². The van der Waals surface area contributed by atoms with Crippen LogP contribution in [0, 0.1) is 6.20 Å². The zero-order chi connectivity index (χ0) is 9.19. The molecular weight excluding hydrogens is 154 g/mol. The van der Waals surface area contributed by atoms with Crippen molar-refractivity contribution in [3.63, 3.8) is 0 Å². The summed E-state index contributed by atoms with van der Waals surface area (Å²) in [5.41, 5.74) is -0.161. The largest absolute Gasteiger partial charge is 0.365 e. The van der Waals surface area contributed by atoms with Gasteiger partial charge >= 0.3 is 0 Å². The first-order valence-corrected chi connectivity index (χ1v) is 3.99. The monoisotopic (exact) mass is 168 g/mol. The van der Waals surface area contributed by atoms with Crippen molar-refractivity contribution in [2.24, 2.45) is 0 Å². The van der Waals surface area contributed by atoms with Crippen LogP contribution in [0.25, 0.3) is 0 Å². The van der Waals surface area contributed by atoms with Gasteiger partial charge in [-0.2, -0.15) is 0 Å². The van der Waals surface area contributed by atoms with Crippen LogP contribution in [0.15, 0.2) is 10.6 Å². The maximum atomic E-state index is 5.63. The molecule has 3 heteroatoms. The van der Waals surface area contributed by atoms with Crippen LogP contribution >= 0.6 is 0 Å². The Morgan fingerprint density at radius 3 is 2.67 bits per heavy atom. The highest BCUT2D eigenvalue weighted by molar-refractivity contribution is 4.95. The molecule has 0 aliphatic carbocycles. The van der Waals surface area contributed by atoms with Crippen molar-refractivity contribution in [2.45, 2.75) is 39.4 Å². The number of hydrogen-bond acceptors (Lipinski definition) is 3. The fourth-order valence-electron chi connectivity index (χ4n) is 0.975. The quantitative estimate of drug-likeness (QED) is 0.680. The highest BCUT2D eigenvalue weighted by Crippen LogP contribution is 2.22. The van der Waals surface area contributed by atoms with E-state index >= 15 is 0 Å². The van der Waals surface area contributed by atoms with E-state index in [1.807, 2.05) is 27.7 Å². The lowest BCUT2D eigenvalue weighted by molar-refractivity contribution is -0.0630. The highest BCUT2D eigenvalue weighted by atomic mass is 16.5. The second kappa shape index (κ2) is 3.27. The topological polar surface area (TPSA) is 35.3 Å². The van der Waals surface area contributed by atoms with Gasteiger partial charge in [0.15, 0.2) is 5.76 Å². The van der Waals surface area contributed by atoms with E-state index in [4.69, 9.17) is 9.26 Å². The summed E-state index contributed by atoms with van der Waals surface area (Å²) in [6.07, 6.45) is 2.53. The second-order valence-electron chi connectivity index (χ2n) is 3.73. The Morgan fingerprint density at radius 2 is 2.25 bits per heavy atom.